The molecule has 1 atom stereocenters. The molecule has 1 unspecified atom stereocenters. The van der Waals surface area contributed by atoms with Crippen LogP contribution in [0.3, 0.4) is 0 Å². The molecule has 3 heterocycles. The standard InChI is InChI=1S/C18H18FN3OS.2ClH/c19-15-3-1-2-13(8-15)17-9-20-5-6-22(17)10-16-12-24-18(21-16)14-4-7-23-11-14;;/h1-4,7-8,11-12,17,20H,5-6,9-10H2;2*1H. The Morgan fingerprint density at radius 2 is 2.19 bits per heavy atom. The van der Waals surface area contributed by atoms with Crippen LogP contribution in [0.5, 0.6) is 0 Å². The number of piperazine rings is 1. The molecule has 1 aliphatic heterocycles. The van der Waals surface area contributed by atoms with Gasteiger partial charge in [0, 0.05) is 43.2 Å². The molecule has 140 valence electrons. The van der Waals surface area contributed by atoms with Crippen LogP contribution < -0.4 is 5.32 Å². The van der Waals surface area contributed by atoms with E-state index in [2.05, 4.69) is 15.6 Å². The topological polar surface area (TPSA) is 41.3 Å². The molecule has 0 amide bonds. The van der Waals surface area contributed by atoms with Gasteiger partial charge in [0.15, 0.2) is 0 Å². The maximum absolute atomic E-state index is 13.6. The molecule has 4 nitrogen and oxygen atoms in total. The summed E-state index contributed by atoms with van der Waals surface area (Å²) in [5.74, 6) is -0.186. The maximum Gasteiger partial charge on any atom is 0.126 e. The number of nitrogens with zero attached hydrogens (tertiary/aromatic N) is 2. The molecule has 8 heteroatoms. The fourth-order valence-corrected chi connectivity index (χ4v) is 3.88. The largest absolute Gasteiger partial charge is 0.472 e. The molecule has 1 N–H and O–H groups in total. The van der Waals surface area contributed by atoms with E-state index in [1.807, 2.05) is 12.1 Å². The summed E-state index contributed by atoms with van der Waals surface area (Å²) >= 11 is 1.62. The normalized spacial score (nSPS) is 17.3. The zero-order valence-electron chi connectivity index (χ0n) is 13.9. The van der Waals surface area contributed by atoms with Crippen molar-refractivity contribution in [3.05, 3.63) is 65.3 Å². The minimum Gasteiger partial charge on any atom is -0.472 e. The number of benzene rings is 1. The van der Waals surface area contributed by atoms with E-state index in [9.17, 15) is 4.39 Å². The molecule has 26 heavy (non-hydrogen) atoms. The molecule has 1 aromatic carbocycles. The number of thiazole rings is 1. The van der Waals surface area contributed by atoms with Crippen molar-refractivity contribution in [2.45, 2.75) is 12.6 Å². The van der Waals surface area contributed by atoms with E-state index in [1.54, 1.807) is 36.0 Å². The highest BCUT2D eigenvalue weighted by atomic mass is 35.5. The molecule has 3 aromatic rings. The molecule has 0 bridgehead atoms. The Morgan fingerprint density at radius 1 is 1.31 bits per heavy atom. The molecule has 0 radical (unpaired) electrons. The Balaban J connectivity index is 0.00000121. The van der Waals surface area contributed by atoms with E-state index < -0.39 is 0 Å². The van der Waals surface area contributed by atoms with Gasteiger partial charge in [-0.3, -0.25) is 4.90 Å². The predicted molar refractivity (Wildman–Crippen MR) is 107 cm³/mol. The SMILES string of the molecule is Cl.Cl.Fc1cccc(C2CNCCN2Cc2csc(-c3ccoc3)n2)c1. The Kier molecular flexibility index (Phi) is 7.61. The first-order chi connectivity index (χ1) is 11.8. The third-order valence-electron chi connectivity index (χ3n) is 4.27. The van der Waals surface area contributed by atoms with Gasteiger partial charge in [-0.2, -0.15) is 0 Å². The molecule has 0 aliphatic carbocycles. The van der Waals surface area contributed by atoms with E-state index in [1.165, 1.54) is 6.07 Å². The molecule has 1 aliphatic rings. The average molecular weight is 416 g/mol. The van der Waals surface area contributed by atoms with Gasteiger partial charge in [-0.1, -0.05) is 12.1 Å². The maximum atomic E-state index is 13.6. The lowest BCUT2D eigenvalue weighted by Gasteiger charge is -2.36. The predicted octanol–water partition coefficient (Wildman–Crippen LogP) is 4.53. The van der Waals surface area contributed by atoms with Gasteiger partial charge in [-0.25, -0.2) is 9.37 Å². The van der Waals surface area contributed by atoms with E-state index in [0.717, 1.165) is 48.0 Å². The molecule has 1 fully saturated rings. The molecular weight excluding hydrogens is 396 g/mol. The number of nitrogens with one attached hydrogen (secondary N) is 1. The lowest BCUT2D eigenvalue weighted by atomic mass is 10.0. The second-order valence-electron chi connectivity index (χ2n) is 5.90. The number of hydrogen-bond donors (Lipinski definition) is 1. The monoisotopic (exact) mass is 415 g/mol. The Morgan fingerprint density at radius 3 is 2.96 bits per heavy atom. The van der Waals surface area contributed by atoms with Crippen molar-refractivity contribution in [2.75, 3.05) is 19.6 Å². The molecule has 0 spiro atoms. The number of halogens is 3. The Bertz CT molecular complexity index is 812. The lowest BCUT2D eigenvalue weighted by molar-refractivity contribution is 0.152. The van der Waals surface area contributed by atoms with Gasteiger partial charge in [-0.15, -0.1) is 36.2 Å². The molecule has 1 saturated heterocycles. The summed E-state index contributed by atoms with van der Waals surface area (Å²) in [6, 6.07) is 8.96. The van der Waals surface area contributed by atoms with Crippen molar-refractivity contribution in [1.82, 2.24) is 15.2 Å². The van der Waals surface area contributed by atoms with Gasteiger partial charge in [0.25, 0.3) is 0 Å². The summed E-state index contributed by atoms with van der Waals surface area (Å²) in [4.78, 5) is 7.08. The summed E-state index contributed by atoms with van der Waals surface area (Å²) in [6.07, 6.45) is 3.37. The Hall–Kier alpha value is -1.44. The summed E-state index contributed by atoms with van der Waals surface area (Å²) in [5, 5.41) is 6.46. The molecule has 0 saturated carbocycles. The zero-order chi connectivity index (χ0) is 16.4. The van der Waals surface area contributed by atoms with Crippen LogP contribution in [0.1, 0.15) is 17.3 Å². The van der Waals surface area contributed by atoms with E-state index in [-0.39, 0.29) is 36.7 Å². The van der Waals surface area contributed by atoms with Crippen molar-refractivity contribution >= 4 is 36.2 Å². The first-order valence-corrected chi connectivity index (χ1v) is 8.85. The van der Waals surface area contributed by atoms with E-state index in [0.29, 0.717) is 0 Å². The quantitative estimate of drug-likeness (QED) is 0.679. The summed E-state index contributed by atoms with van der Waals surface area (Å²) in [7, 11) is 0. The van der Waals surface area contributed by atoms with Crippen molar-refractivity contribution in [3.63, 3.8) is 0 Å². The first-order valence-electron chi connectivity index (χ1n) is 7.97. The first kappa shape index (κ1) is 20.9. The lowest BCUT2D eigenvalue weighted by Crippen LogP contribution is -2.45. The number of aromatic nitrogens is 1. The third-order valence-corrected chi connectivity index (χ3v) is 5.21. The van der Waals surface area contributed by atoms with Gasteiger partial charge in [0.1, 0.15) is 17.1 Å². The van der Waals surface area contributed by atoms with E-state index in [4.69, 9.17) is 9.40 Å². The van der Waals surface area contributed by atoms with Crippen LogP contribution in [0.2, 0.25) is 0 Å². The van der Waals surface area contributed by atoms with Crippen molar-refractivity contribution in [1.29, 1.82) is 0 Å². The van der Waals surface area contributed by atoms with Crippen LogP contribution in [0.25, 0.3) is 10.6 Å². The second-order valence-corrected chi connectivity index (χ2v) is 6.76. The van der Waals surface area contributed by atoms with Gasteiger partial charge in [-0.05, 0) is 23.8 Å². The highest BCUT2D eigenvalue weighted by Gasteiger charge is 2.24. The Labute approximate surface area is 168 Å². The fraction of sp³-hybridized carbons (Fsp3) is 0.278. The zero-order valence-corrected chi connectivity index (χ0v) is 16.4. The fourth-order valence-electron chi connectivity index (χ4n) is 3.08. The average Bonchev–Trinajstić information content (AvgIpc) is 3.26. The van der Waals surface area contributed by atoms with Gasteiger partial charge in [0.2, 0.25) is 0 Å². The second kappa shape index (κ2) is 9.48. The van der Waals surface area contributed by atoms with Crippen LogP contribution in [-0.2, 0) is 6.54 Å². The molecule has 4 rings (SSSR count). The van der Waals surface area contributed by atoms with E-state index >= 15 is 0 Å². The number of furan rings is 1. The number of hydrogen-bond acceptors (Lipinski definition) is 5. The van der Waals surface area contributed by atoms with Crippen LogP contribution in [0.15, 0.2) is 52.7 Å². The molecular formula is C18H20Cl2FN3OS. The van der Waals surface area contributed by atoms with Crippen LogP contribution in [-0.4, -0.2) is 29.5 Å². The third kappa shape index (κ3) is 4.64. The smallest absolute Gasteiger partial charge is 0.126 e. The van der Waals surface area contributed by atoms with Gasteiger partial charge in [0.05, 0.1) is 12.0 Å². The van der Waals surface area contributed by atoms with Crippen molar-refractivity contribution in [3.8, 4) is 10.6 Å². The van der Waals surface area contributed by atoms with Gasteiger partial charge < -0.3 is 9.73 Å². The van der Waals surface area contributed by atoms with Crippen LogP contribution in [0, 0.1) is 5.82 Å². The highest BCUT2D eigenvalue weighted by Crippen LogP contribution is 2.28. The van der Waals surface area contributed by atoms with Gasteiger partial charge >= 0.3 is 0 Å². The van der Waals surface area contributed by atoms with Crippen LogP contribution in [0.4, 0.5) is 4.39 Å². The van der Waals surface area contributed by atoms with Crippen molar-refractivity contribution in [2.24, 2.45) is 0 Å². The highest BCUT2D eigenvalue weighted by molar-refractivity contribution is 7.13. The minimum atomic E-state index is -0.186. The van der Waals surface area contributed by atoms with Crippen LogP contribution >= 0.6 is 36.2 Å². The van der Waals surface area contributed by atoms with Crippen molar-refractivity contribution < 1.29 is 8.81 Å². The summed E-state index contributed by atoms with van der Waals surface area (Å²) in [6.45, 7) is 3.43. The molecule has 2 aromatic heterocycles. The minimum absolute atomic E-state index is 0. The summed E-state index contributed by atoms with van der Waals surface area (Å²) in [5.41, 5.74) is 3.06. The summed E-state index contributed by atoms with van der Waals surface area (Å²) < 4.78 is 18.7. The number of rotatable bonds is 4.